The third-order valence-corrected chi connectivity index (χ3v) is 4.09. The minimum Gasteiger partial charge on any atom is -0.318 e. The van der Waals surface area contributed by atoms with Gasteiger partial charge in [-0.25, -0.2) is 0 Å². The van der Waals surface area contributed by atoms with Crippen molar-refractivity contribution in [2.45, 2.75) is 20.8 Å². The average molecular weight is 361 g/mol. The summed E-state index contributed by atoms with van der Waals surface area (Å²) in [5.41, 5.74) is 4.26. The summed E-state index contributed by atoms with van der Waals surface area (Å²) < 4.78 is 0.736. The number of rotatable bonds is 2. The van der Waals surface area contributed by atoms with E-state index in [9.17, 15) is 9.59 Å². The van der Waals surface area contributed by atoms with Crippen LogP contribution in [0.5, 0.6) is 0 Å². The van der Waals surface area contributed by atoms with Crippen molar-refractivity contribution >= 4 is 39.1 Å². The molecule has 0 aliphatic heterocycles. The Bertz CT molecular complexity index is 741. The molecule has 0 atom stereocenters. The topological polar surface area (TPSA) is 58.2 Å². The number of anilines is 2. The zero-order chi connectivity index (χ0) is 16.3. The summed E-state index contributed by atoms with van der Waals surface area (Å²) in [6, 6.07) is 11.1. The van der Waals surface area contributed by atoms with E-state index in [-0.39, 0.29) is 0 Å². The van der Waals surface area contributed by atoms with E-state index in [2.05, 4.69) is 26.6 Å². The molecule has 0 saturated heterocycles. The fourth-order valence-electron chi connectivity index (χ4n) is 1.97. The van der Waals surface area contributed by atoms with Gasteiger partial charge in [-0.15, -0.1) is 0 Å². The maximum Gasteiger partial charge on any atom is 0.314 e. The maximum atomic E-state index is 12.0. The summed E-state index contributed by atoms with van der Waals surface area (Å²) in [7, 11) is 0. The molecule has 114 valence electrons. The Balaban J connectivity index is 2.09. The summed E-state index contributed by atoms with van der Waals surface area (Å²) in [5, 5.41) is 5.23. The van der Waals surface area contributed by atoms with Crippen molar-refractivity contribution in [3.63, 3.8) is 0 Å². The summed E-state index contributed by atoms with van der Waals surface area (Å²) in [5.74, 6) is -1.40. The molecule has 0 radical (unpaired) electrons. The first-order chi connectivity index (χ1) is 10.4. The quantitative estimate of drug-likeness (QED) is 0.796. The molecule has 0 aliphatic carbocycles. The molecule has 2 rings (SSSR count). The lowest BCUT2D eigenvalue weighted by Crippen LogP contribution is -2.29. The predicted octanol–water partition coefficient (Wildman–Crippen LogP) is 3.95. The van der Waals surface area contributed by atoms with Gasteiger partial charge >= 0.3 is 11.8 Å². The van der Waals surface area contributed by atoms with Crippen molar-refractivity contribution in [1.82, 2.24) is 0 Å². The summed E-state index contributed by atoms with van der Waals surface area (Å²) >= 11 is 3.37. The smallest absolute Gasteiger partial charge is 0.314 e. The Morgan fingerprint density at radius 1 is 0.909 bits per heavy atom. The van der Waals surface area contributed by atoms with Gasteiger partial charge in [0.25, 0.3) is 0 Å². The van der Waals surface area contributed by atoms with Gasteiger partial charge in [-0.1, -0.05) is 18.2 Å². The first kappa shape index (κ1) is 16.2. The third kappa shape index (κ3) is 3.74. The van der Waals surface area contributed by atoms with Crippen molar-refractivity contribution in [1.29, 1.82) is 0 Å². The van der Waals surface area contributed by atoms with Crippen LogP contribution in [0.3, 0.4) is 0 Å². The van der Waals surface area contributed by atoms with Gasteiger partial charge in [0, 0.05) is 10.2 Å². The molecule has 2 amide bonds. The highest BCUT2D eigenvalue weighted by molar-refractivity contribution is 9.10. The van der Waals surface area contributed by atoms with Crippen LogP contribution in [0.2, 0.25) is 0 Å². The molecule has 0 spiro atoms. The van der Waals surface area contributed by atoms with Crippen LogP contribution in [0.4, 0.5) is 11.4 Å². The molecule has 0 unspecified atom stereocenters. The first-order valence-electron chi connectivity index (χ1n) is 6.83. The highest BCUT2D eigenvalue weighted by Crippen LogP contribution is 2.23. The molecular formula is C17H17BrN2O2. The van der Waals surface area contributed by atoms with Gasteiger partial charge in [-0.05, 0) is 71.6 Å². The van der Waals surface area contributed by atoms with Gasteiger partial charge in [-0.2, -0.15) is 0 Å². The zero-order valence-corrected chi connectivity index (χ0v) is 14.2. The van der Waals surface area contributed by atoms with Crippen molar-refractivity contribution in [3.05, 3.63) is 57.6 Å². The Labute approximate surface area is 138 Å². The highest BCUT2D eigenvalue weighted by Gasteiger charge is 2.16. The predicted molar refractivity (Wildman–Crippen MR) is 92.1 cm³/mol. The summed E-state index contributed by atoms with van der Waals surface area (Å²) in [4.78, 5) is 24.0. The zero-order valence-electron chi connectivity index (χ0n) is 12.7. The van der Waals surface area contributed by atoms with E-state index >= 15 is 0 Å². The molecule has 0 aliphatic rings. The molecule has 2 aromatic carbocycles. The average Bonchev–Trinajstić information content (AvgIpc) is 2.46. The van der Waals surface area contributed by atoms with Crippen LogP contribution < -0.4 is 10.6 Å². The standard InChI is InChI=1S/C17H17BrN2O2/c1-10-7-8-15(13(18)9-10)20-17(22)16(21)19-14-6-4-5-11(2)12(14)3/h4-9H,1-3H3,(H,19,21)(H,20,22). The molecule has 4 nitrogen and oxygen atoms in total. The monoisotopic (exact) mass is 360 g/mol. The number of benzene rings is 2. The van der Waals surface area contributed by atoms with E-state index in [0.717, 1.165) is 21.2 Å². The third-order valence-electron chi connectivity index (χ3n) is 3.43. The second-order valence-corrected chi connectivity index (χ2v) is 5.99. The van der Waals surface area contributed by atoms with Crippen LogP contribution in [-0.4, -0.2) is 11.8 Å². The molecule has 0 saturated carbocycles. The minimum absolute atomic E-state index is 0.562. The normalized spacial score (nSPS) is 10.2. The molecule has 0 heterocycles. The number of carbonyl (C=O) groups excluding carboxylic acids is 2. The fraction of sp³-hybridized carbons (Fsp3) is 0.176. The van der Waals surface area contributed by atoms with Crippen LogP contribution >= 0.6 is 15.9 Å². The first-order valence-corrected chi connectivity index (χ1v) is 7.62. The Morgan fingerprint density at radius 3 is 2.18 bits per heavy atom. The van der Waals surface area contributed by atoms with Gasteiger partial charge < -0.3 is 10.6 Å². The van der Waals surface area contributed by atoms with Gasteiger partial charge in [0.05, 0.1) is 5.69 Å². The number of hydrogen-bond donors (Lipinski definition) is 2. The number of halogens is 1. The lowest BCUT2D eigenvalue weighted by atomic mass is 10.1. The summed E-state index contributed by atoms with van der Waals surface area (Å²) in [6.45, 7) is 5.80. The molecule has 0 aromatic heterocycles. The van der Waals surface area contributed by atoms with Gasteiger partial charge in [0.15, 0.2) is 0 Å². The minimum atomic E-state index is -0.703. The molecule has 0 fully saturated rings. The van der Waals surface area contributed by atoms with Crippen LogP contribution in [0.1, 0.15) is 16.7 Å². The van der Waals surface area contributed by atoms with Gasteiger partial charge in [0.1, 0.15) is 0 Å². The molecular weight excluding hydrogens is 344 g/mol. The van der Waals surface area contributed by atoms with E-state index in [4.69, 9.17) is 0 Å². The number of amides is 2. The van der Waals surface area contributed by atoms with Crippen molar-refractivity contribution in [2.75, 3.05) is 10.6 Å². The lowest BCUT2D eigenvalue weighted by molar-refractivity contribution is -0.133. The number of hydrogen-bond acceptors (Lipinski definition) is 2. The Hall–Kier alpha value is -2.14. The van der Waals surface area contributed by atoms with Gasteiger partial charge in [0.2, 0.25) is 0 Å². The van der Waals surface area contributed by atoms with E-state index in [1.54, 1.807) is 12.1 Å². The van der Waals surface area contributed by atoms with Crippen molar-refractivity contribution in [2.24, 2.45) is 0 Å². The molecule has 2 aromatic rings. The van der Waals surface area contributed by atoms with Crippen molar-refractivity contribution < 1.29 is 9.59 Å². The second kappa shape index (κ2) is 6.75. The molecule has 0 bridgehead atoms. The van der Waals surface area contributed by atoms with Gasteiger partial charge in [-0.3, -0.25) is 9.59 Å². The van der Waals surface area contributed by atoms with E-state index in [1.807, 2.05) is 45.0 Å². The molecule has 2 N–H and O–H groups in total. The highest BCUT2D eigenvalue weighted by atomic mass is 79.9. The lowest BCUT2D eigenvalue weighted by Gasteiger charge is -2.11. The van der Waals surface area contributed by atoms with E-state index in [1.165, 1.54) is 0 Å². The Kier molecular flexibility index (Phi) is 4.98. The second-order valence-electron chi connectivity index (χ2n) is 5.14. The van der Waals surface area contributed by atoms with Crippen LogP contribution in [0.15, 0.2) is 40.9 Å². The molecule has 22 heavy (non-hydrogen) atoms. The van der Waals surface area contributed by atoms with Crippen molar-refractivity contribution in [3.8, 4) is 0 Å². The van der Waals surface area contributed by atoms with Crippen LogP contribution in [-0.2, 0) is 9.59 Å². The molecule has 5 heteroatoms. The fourth-order valence-corrected chi connectivity index (χ4v) is 2.56. The largest absolute Gasteiger partial charge is 0.318 e. The van der Waals surface area contributed by atoms with Crippen LogP contribution in [0, 0.1) is 20.8 Å². The Morgan fingerprint density at radius 2 is 1.55 bits per heavy atom. The number of carbonyl (C=O) groups is 2. The van der Waals surface area contributed by atoms with E-state index in [0.29, 0.717) is 11.4 Å². The maximum absolute atomic E-state index is 12.0. The number of aryl methyl sites for hydroxylation is 2. The SMILES string of the molecule is Cc1ccc(NC(=O)C(=O)Nc2cccc(C)c2C)c(Br)c1. The van der Waals surface area contributed by atoms with E-state index < -0.39 is 11.8 Å². The summed E-state index contributed by atoms with van der Waals surface area (Å²) in [6.07, 6.45) is 0. The van der Waals surface area contributed by atoms with Crippen LogP contribution in [0.25, 0.3) is 0 Å². The number of nitrogens with one attached hydrogen (secondary N) is 2.